The Morgan fingerprint density at radius 3 is 2.83 bits per heavy atom. The lowest BCUT2D eigenvalue weighted by atomic mass is 9.97. The molecule has 1 unspecified atom stereocenters. The average molecular weight is 417 g/mol. The molecule has 0 radical (unpaired) electrons. The first kappa shape index (κ1) is 20.4. The number of amides is 1. The number of benzene rings is 1. The van der Waals surface area contributed by atoms with E-state index in [1.54, 1.807) is 18.4 Å². The molecule has 0 aliphatic carbocycles. The van der Waals surface area contributed by atoms with Crippen LogP contribution in [0.4, 0.5) is 5.13 Å². The van der Waals surface area contributed by atoms with Gasteiger partial charge in [0, 0.05) is 26.2 Å². The number of hydrogen-bond acceptors (Lipinski definition) is 6. The van der Waals surface area contributed by atoms with Gasteiger partial charge in [-0.3, -0.25) is 4.79 Å². The van der Waals surface area contributed by atoms with Gasteiger partial charge in [0.1, 0.15) is 5.75 Å². The standard InChI is InChI=1S/C22H32N4O2S/c1-28-18-8-9-19-20(15-18)29-22(24-19)26-13-6-7-17(16-26)21(27)23-10-14-25-11-4-2-3-5-12-25/h8-9,15,17H,2-7,10-14,16H2,1H3,(H,23,27). The number of hydrogen-bond donors (Lipinski definition) is 1. The smallest absolute Gasteiger partial charge is 0.224 e. The zero-order valence-corrected chi connectivity index (χ0v) is 18.2. The maximum absolute atomic E-state index is 12.8. The molecule has 1 atom stereocenters. The minimum atomic E-state index is 0.0504. The van der Waals surface area contributed by atoms with Crippen LogP contribution in [0.3, 0.4) is 0 Å². The molecule has 2 aliphatic heterocycles. The minimum absolute atomic E-state index is 0.0504. The van der Waals surface area contributed by atoms with Crippen molar-refractivity contribution in [3.8, 4) is 5.75 Å². The van der Waals surface area contributed by atoms with Crippen LogP contribution >= 0.6 is 11.3 Å². The van der Waals surface area contributed by atoms with Crippen LogP contribution in [0.25, 0.3) is 10.2 Å². The van der Waals surface area contributed by atoms with Crippen LogP contribution in [-0.4, -0.2) is 62.2 Å². The summed E-state index contributed by atoms with van der Waals surface area (Å²) in [5.74, 6) is 1.11. The predicted molar refractivity (Wildman–Crippen MR) is 119 cm³/mol. The fourth-order valence-electron chi connectivity index (χ4n) is 4.36. The van der Waals surface area contributed by atoms with Crippen molar-refractivity contribution in [2.45, 2.75) is 38.5 Å². The molecule has 0 bridgehead atoms. The number of likely N-dealkylation sites (tertiary alicyclic amines) is 1. The Hall–Kier alpha value is -1.86. The molecule has 2 aromatic rings. The van der Waals surface area contributed by atoms with Crippen molar-refractivity contribution in [2.75, 3.05) is 51.3 Å². The number of methoxy groups -OCH3 is 1. The molecule has 2 fully saturated rings. The first-order chi connectivity index (χ1) is 14.2. The van der Waals surface area contributed by atoms with E-state index >= 15 is 0 Å². The molecule has 2 saturated heterocycles. The van der Waals surface area contributed by atoms with Crippen LogP contribution < -0.4 is 15.0 Å². The molecule has 0 saturated carbocycles. The van der Waals surface area contributed by atoms with Crippen LogP contribution in [0.1, 0.15) is 38.5 Å². The second kappa shape index (κ2) is 9.76. The van der Waals surface area contributed by atoms with Crippen molar-refractivity contribution in [2.24, 2.45) is 5.92 Å². The number of rotatable bonds is 6. The molecular formula is C22H32N4O2S. The number of aromatic nitrogens is 1. The Labute approximate surface area is 177 Å². The summed E-state index contributed by atoms with van der Waals surface area (Å²) < 4.78 is 6.45. The van der Waals surface area contributed by atoms with E-state index in [2.05, 4.69) is 15.1 Å². The van der Waals surface area contributed by atoms with Gasteiger partial charge in [-0.1, -0.05) is 24.2 Å². The maximum atomic E-state index is 12.8. The number of ether oxygens (including phenoxy) is 1. The Morgan fingerprint density at radius 1 is 1.21 bits per heavy atom. The molecule has 1 amide bonds. The number of nitrogens with one attached hydrogen (secondary N) is 1. The minimum Gasteiger partial charge on any atom is -0.497 e. The van der Waals surface area contributed by atoms with Gasteiger partial charge >= 0.3 is 0 Å². The zero-order valence-electron chi connectivity index (χ0n) is 17.4. The van der Waals surface area contributed by atoms with Crippen LogP contribution in [0.15, 0.2) is 18.2 Å². The third-order valence-corrected chi connectivity index (χ3v) is 7.15. The quantitative estimate of drug-likeness (QED) is 0.781. The van der Waals surface area contributed by atoms with Gasteiger partial charge in [-0.25, -0.2) is 4.98 Å². The lowest BCUT2D eigenvalue weighted by molar-refractivity contribution is -0.125. The van der Waals surface area contributed by atoms with Gasteiger partial charge < -0.3 is 19.9 Å². The molecule has 6 nitrogen and oxygen atoms in total. The summed E-state index contributed by atoms with van der Waals surface area (Å²) in [6.45, 7) is 5.81. The fraction of sp³-hybridized carbons (Fsp3) is 0.636. The van der Waals surface area contributed by atoms with Crippen LogP contribution in [0, 0.1) is 5.92 Å². The molecule has 7 heteroatoms. The Bertz CT molecular complexity index is 816. The van der Waals surface area contributed by atoms with Gasteiger partial charge in [0.25, 0.3) is 0 Å². The average Bonchev–Trinajstić information content (AvgIpc) is 3.01. The van der Waals surface area contributed by atoms with E-state index < -0.39 is 0 Å². The monoisotopic (exact) mass is 416 g/mol. The van der Waals surface area contributed by atoms with Crippen LogP contribution in [0.2, 0.25) is 0 Å². The molecule has 2 aliphatic rings. The lowest BCUT2D eigenvalue weighted by Gasteiger charge is -2.32. The Morgan fingerprint density at radius 2 is 2.03 bits per heavy atom. The molecule has 1 N–H and O–H groups in total. The highest BCUT2D eigenvalue weighted by Crippen LogP contribution is 2.33. The van der Waals surface area contributed by atoms with Gasteiger partial charge in [0.15, 0.2) is 5.13 Å². The summed E-state index contributed by atoms with van der Waals surface area (Å²) in [6.07, 6.45) is 7.27. The maximum Gasteiger partial charge on any atom is 0.224 e. The number of thiazole rings is 1. The van der Waals surface area contributed by atoms with Crippen molar-refractivity contribution in [1.82, 2.24) is 15.2 Å². The van der Waals surface area contributed by atoms with Crippen molar-refractivity contribution in [3.63, 3.8) is 0 Å². The summed E-state index contributed by atoms with van der Waals surface area (Å²) in [5, 5.41) is 4.20. The van der Waals surface area contributed by atoms with Gasteiger partial charge in [0.05, 0.1) is 23.2 Å². The Kier molecular flexibility index (Phi) is 6.87. The van der Waals surface area contributed by atoms with E-state index in [1.807, 2.05) is 18.2 Å². The lowest BCUT2D eigenvalue weighted by Crippen LogP contribution is -2.44. The largest absolute Gasteiger partial charge is 0.497 e. The summed E-state index contributed by atoms with van der Waals surface area (Å²) in [5.41, 5.74) is 0.995. The predicted octanol–water partition coefficient (Wildman–Crippen LogP) is 3.51. The number of piperidine rings is 1. The number of fused-ring (bicyclic) bond motifs is 1. The van der Waals surface area contributed by atoms with E-state index in [0.717, 1.165) is 60.1 Å². The van der Waals surface area contributed by atoms with Gasteiger partial charge in [-0.05, 0) is 57.0 Å². The topological polar surface area (TPSA) is 57.7 Å². The molecule has 1 aromatic heterocycles. The van der Waals surface area contributed by atoms with E-state index in [1.165, 1.54) is 38.8 Å². The number of carbonyl (C=O) groups excluding carboxylic acids is 1. The van der Waals surface area contributed by atoms with E-state index in [9.17, 15) is 4.79 Å². The third-order valence-electron chi connectivity index (χ3n) is 6.07. The Balaban J connectivity index is 1.31. The highest BCUT2D eigenvalue weighted by atomic mass is 32.1. The number of nitrogens with zero attached hydrogens (tertiary/aromatic N) is 3. The van der Waals surface area contributed by atoms with Crippen LogP contribution in [-0.2, 0) is 4.79 Å². The van der Waals surface area contributed by atoms with E-state index in [4.69, 9.17) is 9.72 Å². The zero-order chi connectivity index (χ0) is 20.1. The third kappa shape index (κ3) is 5.20. The normalized spacial score (nSPS) is 21.1. The highest BCUT2D eigenvalue weighted by Gasteiger charge is 2.27. The summed E-state index contributed by atoms with van der Waals surface area (Å²) >= 11 is 1.68. The second-order valence-electron chi connectivity index (χ2n) is 8.16. The number of carbonyl (C=O) groups is 1. The van der Waals surface area contributed by atoms with E-state index in [0.29, 0.717) is 0 Å². The molecular weight excluding hydrogens is 384 g/mol. The fourth-order valence-corrected chi connectivity index (χ4v) is 5.39. The van der Waals surface area contributed by atoms with Gasteiger partial charge in [-0.2, -0.15) is 0 Å². The molecule has 29 heavy (non-hydrogen) atoms. The molecule has 158 valence electrons. The SMILES string of the molecule is COc1ccc2nc(N3CCCC(C(=O)NCCN4CCCCCC4)C3)sc2c1. The van der Waals surface area contributed by atoms with Gasteiger partial charge in [0.2, 0.25) is 5.91 Å². The molecule has 1 aromatic carbocycles. The van der Waals surface area contributed by atoms with Crippen molar-refractivity contribution in [3.05, 3.63) is 18.2 Å². The molecule has 0 spiro atoms. The molecule has 4 rings (SSSR count). The summed E-state index contributed by atoms with van der Waals surface area (Å²) in [4.78, 5) is 22.3. The number of anilines is 1. The first-order valence-electron chi connectivity index (χ1n) is 10.9. The van der Waals surface area contributed by atoms with Crippen molar-refractivity contribution in [1.29, 1.82) is 0 Å². The van der Waals surface area contributed by atoms with Crippen molar-refractivity contribution < 1.29 is 9.53 Å². The van der Waals surface area contributed by atoms with Crippen molar-refractivity contribution >= 4 is 32.6 Å². The molecule has 3 heterocycles. The second-order valence-corrected chi connectivity index (χ2v) is 9.17. The van der Waals surface area contributed by atoms with Crippen LogP contribution in [0.5, 0.6) is 5.75 Å². The van der Waals surface area contributed by atoms with E-state index in [-0.39, 0.29) is 11.8 Å². The highest BCUT2D eigenvalue weighted by molar-refractivity contribution is 7.22. The summed E-state index contributed by atoms with van der Waals surface area (Å²) in [6, 6.07) is 5.99. The van der Waals surface area contributed by atoms with Gasteiger partial charge in [-0.15, -0.1) is 0 Å². The summed E-state index contributed by atoms with van der Waals surface area (Å²) in [7, 11) is 1.68. The first-order valence-corrected chi connectivity index (χ1v) is 11.7.